The number of aromatic amines is 1. The van der Waals surface area contributed by atoms with Gasteiger partial charge in [0.15, 0.2) is 5.56 Å². The van der Waals surface area contributed by atoms with Gasteiger partial charge in [0.1, 0.15) is 5.75 Å². The van der Waals surface area contributed by atoms with Crippen molar-refractivity contribution in [1.82, 2.24) is 4.98 Å². The predicted octanol–water partition coefficient (Wildman–Crippen LogP) is 1.84. The van der Waals surface area contributed by atoms with E-state index < -0.39 is 22.8 Å². The molecule has 1 aliphatic rings. The fourth-order valence-corrected chi connectivity index (χ4v) is 2.48. The van der Waals surface area contributed by atoms with Gasteiger partial charge in [0, 0.05) is 23.4 Å². The minimum atomic E-state index is -1.43. The lowest BCUT2D eigenvalue weighted by molar-refractivity contribution is 0.0691. The molecular weight excluding hydrogens is 296 g/mol. The first-order chi connectivity index (χ1) is 9.59. The largest absolute Gasteiger partial charge is 0.506 e. The number of carboxylic acid groups (broad SMARTS) is 1. The number of benzene rings is 1. The maximum Gasteiger partial charge on any atom is 0.345 e. The number of para-hydroxylation sites is 1. The van der Waals surface area contributed by atoms with Crippen molar-refractivity contribution in [2.24, 2.45) is 0 Å². The Morgan fingerprint density at radius 2 is 1.95 bits per heavy atom. The van der Waals surface area contributed by atoms with Crippen LogP contribution in [-0.4, -0.2) is 27.7 Å². The van der Waals surface area contributed by atoms with Crippen LogP contribution in [0.2, 0.25) is 0 Å². The van der Waals surface area contributed by atoms with Crippen LogP contribution in [0, 0.1) is 0 Å². The van der Waals surface area contributed by atoms with Crippen LogP contribution in [0.4, 0.5) is 5.69 Å². The molecular formula is C14H13ClN2O4. The molecule has 1 aromatic carbocycles. The number of halogens is 1. The van der Waals surface area contributed by atoms with Gasteiger partial charge in [-0.05, 0) is 12.5 Å². The molecule has 0 bridgehead atoms. The summed E-state index contributed by atoms with van der Waals surface area (Å²) in [6.07, 6.45) is 0.424. The normalized spacial score (nSPS) is 12.2. The first-order valence-corrected chi connectivity index (χ1v) is 6.14. The number of hydrogen-bond acceptors (Lipinski definition) is 4. The molecule has 4 N–H and O–H groups in total. The van der Waals surface area contributed by atoms with E-state index in [2.05, 4.69) is 10.3 Å². The third-order valence-corrected chi connectivity index (χ3v) is 3.39. The number of anilines is 1. The number of aromatic nitrogens is 1. The zero-order valence-electron chi connectivity index (χ0n) is 10.8. The maximum absolute atomic E-state index is 11.9. The second-order valence-electron chi connectivity index (χ2n) is 4.56. The standard InChI is InChI=1S/C14H12N2O4.ClH/c17-12-8-5-6-15-9-4-2-1-3-7(9)11(8)16-13(18)10(12)14(19)20;/h1-4,15H,5-6H2,(H,19,20)(H2,16,17,18);1H. The van der Waals surface area contributed by atoms with Crippen molar-refractivity contribution >= 4 is 24.1 Å². The van der Waals surface area contributed by atoms with Gasteiger partial charge in [-0.2, -0.15) is 0 Å². The molecule has 110 valence electrons. The summed E-state index contributed by atoms with van der Waals surface area (Å²) in [4.78, 5) is 25.5. The Bertz CT molecular complexity index is 770. The minimum absolute atomic E-state index is 0. The highest BCUT2D eigenvalue weighted by molar-refractivity contribution is 5.92. The fraction of sp³-hybridized carbons (Fsp3) is 0.143. The summed E-state index contributed by atoms with van der Waals surface area (Å²) < 4.78 is 0. The smallest absolute Gasteiger partial charge is 0.345 e. The number of pyridine rings is 1. The molecule has 2 heterocycles. The molecule has 0 saturated heterocycles. The molecule has 7 heteroatoms. The molecule has 2 aromatic rings. The van der Waals surface area contributed by atoms with Gasteiger partial charge in [0.25, 0.3) is 5.56 Å². The molecule has 6 nitrogen and oxygen atoms in total. The number of hydrogen-bond donors (Lipinski definition) is 4. The molecule has 0 aliphatic carbocycles. The Balaban J connectivity index is 0.00000161. The van der Waals surface area contributed by atoms with E-state index in [0.29, 0.717) is 24.2 Å². The number of aromatic hydroxyl groups is 1. The molecule has 1 aromatic heterocycles. The van der Waals surface area contributed by atoms with E-state index in [1.54, 1.807) is 0 Å². The summed E-state index contributed by atoms with van der Waals surface area (Å²) in [6.45, 7) is 0.544. The highest BCUT2D eigenvalue weighted by Gasteiger charge is 2.24. The number of carboxylic acids is 1. The Morgan fingerprint density at radius 3 is 2.67 bits per heavy atom. The van der Waals surface area contributed by atoms with Crippen LogP contribution in [0.5, 0.6) is 5.75 Å². The summed E-state index contributed by atoms with van der Waals surface area (Å²) in [5, 5.41) is 22.3. The van der Waals surface area contributed by atoms with E-state index in [1.165, 1.54) is 0 Å². The van der Waals surface area contributed by atoms with Crippen molar-refractivity contribution in [3.05, 3.63) is 45.7 Å². The first kappa shape index (κ1) is 14.9. The third kappa shape index (κ3) is 2.34. The number of H-pyrrole nitrogens is 1. The molecule has 0 radical (unpaired) electrons. The van der Waals surface area contributed by atoms with Gasteiger partial charge in [-0.15, -0.1) is 12.4 Å². The Hall–Kier alpha value is -2.47. The van der Waals surface area contributed by atoms with E-state index in [9.17, 15) is 14.7 Å². The van der Waals surface area contributed by atoms with Crippen molar-refractivity contribution in [3.63, 3.8) is 0 Å². The zero-order chi connectivity index (χ0) is 14.3. The minimum Gasteiger partial charge on any atom is -0.506 e. The van der Waals surface area contributed by atoms with E-state index in [4.69, 9.17) is 5.11 Å². The molecule has 1 aliphatic heterocycles. The molecule has 0 atom stereocenters. The summed E-state index contributed by atoms with van der Waals surface area (Å²) in [7, 11) is 0. The van der Waals surface area contributed by atoms with Gasteiger partial charge in [-0.3, -0.25) is 4.79 Å². The van der Waals surface area contributed by atoms with Crippen LogP contribution in [0.3, 0.4) is 0 Å². The van der Waals surface area contributed by atoms with Crippen molar-refractivity contribution in [3.8, 4) is 17.0 Å². The second-order valence-corrected chi connectivity index (χ2v) is 4.56. The number of aromatic carboxylic acids is 1. The summed E-state index contributed by atoms with van der Waals surface area (Å²) >= 11 is 0. The highest BCUT2D eigenvalue weighted by Crippen LogP contribution is 2.35. The number of carbonyl (C=O) groups is 1. The Labute approximate surface area is 125 Å². The molecule has 3 rings (SSSR count). The number of rotatable bonds is 1. The van der Waals surface area contributed by atoms with Gasteiger partial charge in [-0.1, -0.05) is 18.2 Å². The lowest BCUT2D eigenvalue weighted by Crippen LogP contribution is -2.20. The monoisotopic (exact) mass is 308 g/mol. The van der Waals surface area contributed by atoms with Gasteiger partial charge in [-0.25, -0.2) is 4.79 Å². The number of fused-ring (bicyclic) bond motifs is 3. The summed E-state index contributed by atoms with van der Waals surface area (Å²) in [5.74, 6) is -1.88. The zero-order valence-corrected chi connectivity index (χ0v) is 11.7. The maximum atomic E-state index is 11.9. The molecule has 0 amide bonds. The lowest BCUT2D eigenvalue weighted by atomic mass is 10.0. The van der Waals surface area contributed by atoms with Gasteiger partial charge >= 0.3 is 5.97 Å². The van der Waals surface area contributed by atoms with E-state index >= 15 is 0 Å². The van der Waals surface area contributed by atoms with Crippen LogP contribution in [-0.2, 0) is 6.42 Å². The molecule has 0 spiro atoms. The highest BCUT2D eigenvalue weighted by atomic mass is 35.5. The van der Waals surface area contributed by atoms with E-state index in [0.717, 1.165) is 11.3 Å². The topological polar surface area (TPSA) is 102 Å². The Kier molecular flexibility index (Phi) is 3.90. The SMILES string of the molecule is Cl.O=C(O)c1c(O)c2c([nH]c1=O)-c1ccccc1NCC2. The molecule has 0 saturated carbocycles. The van der Waals surface area contributed by atoms with Gasteiger partial charge < -0.3 is 20.5 Å². The second kappa shape index (κ2) is 5.49. The Morgan fingerprint density at radius 1 is 1.24 bits per heavy atom. The summed E-state index contributed by atoms with van der Waals surface area (Å²) in [6, 6.07) is 7.35. The van der Waals surface area contributed by atoms with Crippen LogP contribution < -0.4 is 10.9 Å². The third-order valence-electron chi connectivity index (χ3n) is 3.39. The van der Waals surface area contributed by atoms with Crippen LogP contribution in [0.1, 0.15) is 15.9 Å². The first-order valence-electron chi connectivity index (χ1n) is 6.14. The van der Waals surface area contributed by atoms with Gasteiger partial charge in [0.2, 0.25) is 0 Å². The van der Waals surface area contributed by atoms with Crippen LogP contribution in [0.25, 0.3) is 11.3 Å². The fourth-order valence-electron chi connectivity index (χ4n) is 2.48. The van der Waals surface area contributed by atoms with Crippen molar-refractivity contribution in [1.29, 1.82) is 0 Å². The molecule has 21 heavy (non-hydrogen) atoms. The average Bonchev–Trinajstić information content (AvgIpc) is 2.58. The quantitative estimate of drug-likeness (QED) is 0.644. The number of nitrogens with one attached hydrogen (secondary N) is 2. The van der Waals surface area contributed by atoms with Crippen LogP contribution >= 0.6 is 12.4 Å². The van der Waals surface area contributed by atoms with E-state index in [-0.39, 0.29) is 12.4 Å². The lowest BCUT2D eigenvalue weighted by Gasteiger charge is -2.11. The van der Waals surface area contributed by atoms with Crippen molar-refractivity contribution in [2.75, 3.05) is 11.9 Å². The van der Waals surface area contributed by atoms with Crippen LogP contribution in [0.15, 0.2) is 29.1 Å². The molecule has 0 unspecified atom stereocenters. The van der Waals surface area contributed by atoms with Gasteiger partial charge in [0.05, 0.1) is 5.69 Å². The van der Waals surface area contributed by atoms with Crippen molar-refractivity contribution < 1.29 is 15.0 Å². The average molecular weight is 309 g/mol. The van der Waals surface area contributed by atoms with E-state index in [1.807, 2.05) is 24.3 Å². The summed E-state index contributed by atoms with van der Waals surface area (Å²) in [5.41, 5.74) is 1.08. The van der Waals surface area contributed by atoms with Crippen molar-refractivity contribution in [2.45, 2.75) is 6.42 Å². The molecule has 0 fully saturated rings. The predicted molar refractivity (Wildman–Crippen MR) is 80.6 cm³/mol.